The molecule has 2 N–H and O–H groups in total. The van der Waals surface area contributed by atoms with E-state index in [-0.39, 0.29) is 17.7 Å². The second-order valence-corrected chi connectivity index (χ2v) is 11.6. The van der Waals surface area contributed by atoms with E-state index >= 15 is 0 Å². The van der Waals surface area contributed by atoms with Gasteiger partial charge in [0.05, 0.1) is 23.9 Å². The minimum atomic E-state index is -4.11. The smallest absolute Gasteiger partial charge is 0.367 e. The molecule has 12 heteroatoms. The molecule has 5 heterocycles. The number of alkyl halides is 3. The van der Waals surface area contributed by atoms with E-state index in [2.05, 4.69) is 27.1 Å². The Kier molecular flexibility index (Phi) is 8.76. The van der Waals surface area contributed by atoms with Crippen LogP contribution in [0.5, 0.6) is 0 Å². The van der Waals surface area contributed by atoms with E-state index in [1.807, 2.05) is 10.8 Å². The number of nitrogens with zero attached hydrogens (tertiary/aromatic N) is 5. The van der Waals surface area contributed by atoms with Gasteiger partial charge in [-0.25, -0.2) is 9.50 Å². The predicted molar refractivity (Wildman–Crippen MR) is 135 cm³/mol. The molecular formula is C25H38F3N5O3S. The highest BCUT2D eigenvalue weighted by atomic mass is 32.2. The molecule has 0 amide bonds. The van der Waals surface area contributed by atoms with Crippen LogP contribution in [-0.4, -0.2) is 97.2 Å². The van der Waals surface area contributed by atoms with Crippen LogP contribution in [0.25, 0.3) is 5.52 Å². The number of hydrogen-bond acceptors (Lipinski definition) is 8. The van der Waals surface area contributed by atoms with Crippen molar-refractivity contribution in [1.82, 2.24) is 24.4 Å². The van der Waals surface area contributed by atoms with Crippen molar-refractivity contribution in [2.24, 2.45) is 0 Å². The van der Waals surface area contributed by atoms with Gasteiger partial charge >= 0.3 is 6.18 Å². The molecule has 0 aliphatic carbocycles. The van der Waals surface area contributed by atoms with Gasteiger partial charge in [0.25, 0.3) is 0 Å². The first kappa shape index (κ1) is 28.6. The van der Waals surface area contributed by atoms with E-state index in [9.17, 15) is 13.2 Å². The van der Waals surface area contributed by atoms with Gasteiger partial charge in [-0.3, -0.25) is 9.80 Å². The molecule has 3 fully saturated rings. The van der Waals surface area contributed by atoms with E-state index in [4.69, 9.17) is 14.9 Å². The summed E-state index contributed by atoms with van der Waals surface area (Å²) in [5, 5.41) is 21.5. The highest BCUT2D eigenvalue weighted by Gasteiger charge is 2.45. The Labute approximate surface area is 220 Å². The van der Waals surface area contributed by atoms with Gasteiger partial charge < -0.3 is 14.9 Å². The number of likely N-dealkylation sites (tertiary alicyclic amines) is 2. The molecule has 1 spiro atoms. The Morgan fingerprint density at radius 1 is 1.11 bits per heavy atom. The molecule has 37 heavy (non-hydrogen) atoms. The first-order valence-electron chi connectivity index (χ1n) is 12.9. The molecule has 208 valence electrons. The Morgan fingerprint density at radius 2 is 1.81 bits per heavy atom. The normalized spacial score (nSPS) is 25.1. The fourth-order valence-electron chi connectivity index (χ4n) is 5.86. The minimum Gasteiger partial charge on any atom is -0.367 e. The van der Waals surface area contributed by atoms with E-state index in [0.717, 1.165) is 67.9 Å². The van der Waals surface area contributed by atoms with Crippen molar-refractivity contribution >= 4 is 17.3 Å². The number of ether oxygens (including phenoxy) is 1. The van der Waals surface area contributed by atoms with Gasteiger partial charge in [0.2, 0.25) is 0 Å². The Balaban J connectivity index is 0.000000586. The third-order valence-electron chi connectivity index (χ3n) is 7.43. The number of thioether (sulfide) groups is 1. The summed E-state index contributed by atoms with van der Waals surface area (Å²) in [6, 6.07) is 4.15. The Bertz CT molecular complexity index is 1030. The van der Waals surface area contributed by atoms with Crippen molar-refractivity contribution in [3.63, 3.8) is 0 Å². The lowest BCUT2D eigenvalue weighted by Gasteiger charge is -2.46. The predicted octanol–water partition coefficient (Wildman–Crippen LogP) is 3.87. The summed E-state index contributed by atoms with van der Waals surface area (Å²) in [7, 11) is 0. The number of aliphatic hydroxyl groups is 2. The van der Waals surface area contributed by atoms with Crippen molar-refractivity contribution in [3.8, 4) is 0 Å². The highest BCUT2D eigenvalue weighted by molar-refractivity contribution is 7.98. The second kappa shape index (κ2) is 11.4. The zero-order valence-electron chi connectivity index (χ0n) is 21.7. The third-order valence-corrected chi connectivity index (χ3v) is 8.13. The topological polar surface area (TPSA) is 86.4 Å². The van der Waals surface area contributed by atoms with Gasteiger partial charge in [-0.15, -0.1) is 11.8 Å². The lowest BCUT2D eigenvalue weighted by atomic mass is 9.84. The SMILES string of the molecule is CC(C)(O)O.CSc1ncnn2c([C@H]3CC[C@@H](CN4CCCC45CCN(CC(F)(F)F)CC5)O3)ccc12. The summed E-state index contributed by atoms with van der Waals surface area (Å²) < 4.78 is 46.7. The van der Waals surface area contributed by atoms with Gasteiger partial charge in [0, 0.05) is 25.2 Å². The zero-order chi connectivity index (χ0) is 26.8. The molecule has 0 radical (unpaired) electrons. The molecule has 0 aromatic carbocycles. The molecule has 3 aliphatic rings. The van der Waals surface area contributed by atoms with Crippen LogP contribution in [0.2, 0.25) is 0 Å². The molecule has 0 saturated carbocycles. The summed E-state index contributed by atoms with van der Waals surface area (Å²) >= 11 is 1.61. The zero-order valence-corrected chi connectivity index (χ0v) is 22.6. The second-order valence-electron chi connectivity index (χ2n) is 10.8. The number of piperidine rings is 1. The van der Waals surface area contributed by atoms with Crippen LogP contribution in [0, 0.1) is 0 Å². The van der Waals surface area contributed by atoms with Crippen molar-refractivity contribution in [2.75, 3.05) is 39.0 Å². The van der Waals surface area contributed by atoms with Crippen molar-refractivity contribution < 1.29 is 28.1 Å². The fourth-order valence-corrected chi connectivity index (χ4v) is 6.38. The van der Waals surface area contributed by atoms with Crippen LogP contribution in [0.1, 0.15) is 64.2 Å². The van der Waals surface area contributed by atoms with Crippen molar-refractivity contribution in [3.05, 3.63) is 24.2 Å². The largest absolute Gasteiger partial charge is 0.401 e. The molecule has 2 aromatic heterocycles. The van der Waals surface area contributed by atoms with E-state index in [1.165, 1.54) is 13.8 Å². The van der Waals surface area contributed by atoms with Gasteiger partial charge in [-0.2, -0.15) is 18.3 Å². The maximum Gasteiger partial charge on any atom is 0.401 e. The molecule has 3 aliphatic heterocycles. The average Bonchev–Trinajstić information content (AvgIpc) is 3.52. The first-order chi connectivity index (χ1) is 17.4. The molecule has 5 rings (SSSR count). The summed E-state index contributed by atoms with van der Waals surface area (Å²) in [5.74, 6) is -1.50. The third kappa shape index (κ3) is 7.36. The maximum atomic E-state index is 12.8. The molecular weight excluding hydrogens is 507 g/mol. The molecule has 8 nitrogen and oxygen atoms in total. The minimum absolute atomic E-state index is 0.0132. The molecule has 0 unspecified atom stereocenters. The summed E-state index contributed by atoms with van der Waals surface area (Å²) in [6.07, 6.45) is 5.43. The Morgan fingerprint density at radius 3 is 2.46 bits per heavy atom. The van der Waals surface area contributed by atoms with Crippen LogP contribution in [-0.2, 0) is 4.74 Å². The number of rotatable bonds is 5. The lowest BCUT2D eigenvalue weighted by molar-refractivity contribution is -0.151. The van der Waals surface area contributed by atoms with Crippen LogP contribution in [0.15, 0.2) is 23.5 Å². The van der Waals surface area contributed by atoms with Gasteiger partial charge in [-0.05, 0) is 77.3 Å². The lowest BCUT2D eigenvalue weighted by Crippen LogP contribution is -2.54. The average molecular weight is 546 g/mol. The Hall–Kier alpha value is -1.44. The summed E-state index contributed by atoms with van der Waals surface area (Å²) in [5.41, 5.74) is 2.12. The van der Waals surface area contributed by atoms with Crippen LogP contribution in [0.4, 0.5) is 13.2 Å². The van der Waals surface area contributed by atoms with Crippen molar-refractivity contribution in [1.29, 1.82) is 0 Å². The fraction of sp³-hybridized carbons (Fsp3) is 0.760. The number of halogens is 3. The number of aromatic nitrogens is 3. The molecule has 2 aromatic rings. The first-order valence-corrected chi connectivity index (χ1v) is 14.1. The van der Waals surface area contributed by atoms with Crippen LogP contribution < -0.4 is 0 Å². The number of fused-ring (bicyclic) bond motifs is 1. The molecule has 2 atom stereocenters. The summed E-state index contributed by atoms with van der Waals surface area (Å²) in [6.45, 7) is 4.74. The number of hydrogen-bond donors (Lipinski definition) is 2. The van der Waals surface area contributed by atoms with E-state index in [0.29, 0.717) is 13.1 Å². The van der Waals surface area contributed by atoms with Crippen molar-refractivity contribution in [2.45, 2.75) is 87.1 Å². The highest BCUT2D eigenvalue weighted by Crippen LogP contribution is 2.41. The quantitative estimate of drug-likeness (QED) is 0.433. The van der Waals surface area contributed by atoms with E-state index < -0.39 is 18.5 Å². The van der Waals surface area contributed by atoms with Gasteiger partial charge in [-0.1, -0.05) is 0 Å². The van der Waals surface area contributed by atoms with E-state index in [1.54, 1.807) is 23.0 Å². The standard InChI is InChI=1S/C22H30F3N5OS.C3H8O2/c1-32-20-18-5-4-17(30(18)27-15-26-20)19-6-3-16(31-19)13-29-10-2-7-21(29)8-11-28(12-9-21)14-22(23,24)25;1-3(2,4)5/h4-5,15-16,19H,2-3,6-14H2,1H3;4-5H,1-2H3/t16-,19+;/m0./s1. The van der Waals surface area contributed by atoms with Gasteiger partial charge in [0.1, 0.15) is 17.5 Å². The van der Waals surface area contributed by atoms with Crippen LogP contribution in [0.3, 0.4) is 0 Å². The van der Waals surface area contributed by atoms with Gasteiger partial charge in [0.15, 0.2) is 5.79 Å². The van der Waals surface area contributed by atoms with Crippen LogP contribution >= 0.6 is 11.8 Å². The maximum absolute atomic E-state index is 12.8. The molecule has 0 bridgehead atoms. The molecule has 3 saturated heterocycles. The summed E-state index contributed by atoms with van der Waals surface area (Å²) in [4.78, 5) is 8.42. The monoisotopic (exact) mass is 545 g/mol.